The first-order chi connectivity index (χ1) is 8.97. The maximum absolute atomic E-state index is 8.74. The Labute approximate surface area is 112 Å². The minimum absolute atomic E-state index is 1.28. The largest absolute Gasteiger partial charge is 0.394 e. The maximum atomic E-state index is 8.74. The first kappa shape index (κ1) is 17.0. The molecule has 0 saturated heterocycles. The number of benzene rings is 2. The predicted molar refractivity (Wildman–Crippen MR) is 73.2 cm³/mol. The number of carbonyl (C=O) groups excluding carboxylic acids is 1. The molecule has 0 aliphatic carbocycles. The van der Waals surface area contributed by atoms with E-state index in [1.165, 1.54) is 11.1 Å². The van der Waals surface area contributed by atoms with Gasteiger partial charge < -0.3 is 4.79 Å². The van der Waals surface area contributed by atoms with Gasteiger partial charge in [0.1, 0.15) is 6.79 Å². The topological polar surface area (TPSA) is 91.7 Å². The molecular weight excluding hydrogens is 268 g/mol. The van der Waals surface area contributed by atoms with Crippen molar-refractivity contribution in [1.82, 2.24) is 0 Å². The molecule has 0 aliphatic heterocycles. The van der Waals surface area contributed by atoms with Crippen LogP contribution in [0.5, 0.6) is 0 Å². The summed E-state index contributed by atoms with van der Waals surface area (Å²) in [6.45, 7) is 2.00. The molecule has 0 saturated carbocycles. The smallest absolute Gasteiger partial charge is 0.307 e. The van der Waals surface area contributed by atoms with Gasteiger partial charge in [0.15, 0.2) is 0 Å². The van der Waals surface area contributed by atoms with Crippen molar-refractivity contribution in [2.75, 3.05) is 0 Å². The monoisotopic (exact) mass is 282 g/mol. The van der Waals surface area contributed by atoms with Crippen LogP contribution in [0.2, 0.25) is 0 Å². The van der Waals surface area contributed by atoms with Gasteiger partial charge in [0.05, 0.1) is 0 Å². The van der Waals surface area contributed by atoms with Gasteiger partial charge in [-0.15, -0.1) is 0 Å². The quantitative estimate of drug-likeness (QED) is 0.784. The van der Waals surface area contributed by atoms with Gasteiger partial charge in [-0.1, -0.05) is 60.7 Å². The third-order valence-electron chi connectivity index (χ3n) is 1.88. The molecule has 6 heteroatoms. The van der Waals surface area contributed by atoms with Crippen molar-refractivity contribution in [3.63, 3.8) is 0 Å². The molecule has 0 atom stereocenters. The molecule has 0 bridgehead atoms. The Morgan fingerprint density at radius 1 is 0.684 bits per heavy atom. The fourth-order valence-corrected chi connectivity index (χ4v) is 1.26. The highest BCUT2D eigenvalue weighted by Crippen LogP contribution is 2.17. The van der Waals surface area contributed by atoms with Crippen LogP contribution in [0, 0.1) is 0 Å². The molecule has 2 aromatic rings. The van der Waals surface area contributed by atoms with Gasteiger partial charge in [-0.2, -0.15) is 8.42 Å². The first-order valence-corrected chi connectivity index (χ1v) is 6.46. The zero-order chi connectivity index (χ0) is 14.7. The Balaban J connectivity index is 0.000000396. The van der Waals surface area contributed by atoms with E-state index >= 15 is 0 Å². The lowest BCUT2D eigenvalue weighted by atomic mass is 10.1. The van der Waals surface area contributed by atoms with Crippen LogP contribution < -0.4 is 0 Å². The lowest BCUT2D eigenvalue weighted by molar-refractivity contribution is -0.0980. The molecule has 0 radical (unpaired) electrons. The van der Waals surface area contributed by atoms with E-state index in [4.69, 9.17) is 22.3 Å². The van der Waals surface area contributed by atoms with E-state index in [0.29, 0.717) is 0 Å². The van der Waals surface area contributed by atoms with Crippen LogP contribution in [0.1, 0.15) is 0 Å². The lowest BCUT2D eigenvalue weighted by Crippen LogP contribution is -1.89. The Bertz CT molecular complexity index is 507. The zero-order valence-electron chi connectivity index (χ0n) is 10.0. The Morgan fingerprint density at radius 2 is 0.895 bits per heavy atom. The first-order valence-electron chi connectivity index (χ1n) is 5.06. The molecule has 0 aromatic heterocycles. The van der Waals surface area contributed by atoms with Crippen molar-refractivity contribution < 1.29 is 22.3 Å². The third kappa shape index (κ3) is 9.66. The van der Waals surface area contributed by atoms with Crippen molar-refractivity contribution in [1.29, 1.82) is 0 Å². The predicted octanol–water partition coefficient (Wildman–Crippen LogP) is 2.52. The summed E-state index contributed by atoms with van der Waals surface area (Å²) < 4.78 is 31.6. The van der Waals surface area contributed by atoms with E-state index in [2.05, 4.69) is 48.5 Å². The molecule has 2 rings (SSSR count). The van der Waals surface area contributed by atoms with Crippen LogP contribution in [0.3, 0.4) is 0 Å². The molecule has 0 aliphatic rings. The summed E-state index contributed by atoms with van der Waals surface area (Å²) in [7, 11) is -4.67. The van der Waals surface area contributed by atoms with E-state index in [9.17, 15) is 0 Å². The average molecular weight is 282 g/mol. The molecular formula is C13H14O5S. The normalized spacial score (nSPS) is 9.37. The summed E-state index contributed by atoms with van der Waals surface area (Å²) in [5.74, 6) is 0. The second-order valence-electron chi connectivity index (χ2n) is 3.18. The van der Waals surface area contributed by atoms with Gasteiger partial charge in [-0.25, -0.2) is 0 Å². The summed E-state index contributed by atoms with van der Waals surface area (Å²) in [5, 5.41) is 0. The van der Waals surface area contributed by atoms with Gasteiger partial charge in [-0.05, 0) is 11.1 Å². The number of hydrogen-bond donors (Lipinski definition) is 2. The fourth-order valence-electron chi connectivity index (χ4n) is 1.26. The van der Waals surface area contributed by atoms with Crippen LogP contribution >= 0.6 is 0 Å². The molecule has 19 heavy (non-hydrogen) atoms. The highest BCUT2D eigenvalue weighted by molar-refractivity contribution is 7.79. The molecule has 0 unspecified atom stereocenters. The number of carbonyl (C=O) groups is 1. The molecule has 102 valence electrons. The minimum atomic E-state index is -4.67. The van der Waals surface area contributed by atoms with Crippen LogP contribution in [-0.4, -0.2) is 24.3 Å². The minimum Gasteiger partial charge on any atom is -0.307 e. The van der Waals surface area contributed by atoms with E-state index in [1.807, 2.05) is 18.9 Å². The third-order valence-corrected chi connectivity index (χ3v) is 1.88. The molecule has 2 N–H and O–H groups in total. The standard InChI is InChI=1S/C12H10.CH2O.H2O4S/c1-3-7-11(8-4-1)12-9-5-2-6-10-12;1-2;1-5(2,3)4/h1-10H;1H2;(H2,1,2,3,4). The highest BCUT2D eigenvalue weighted by atomic mass is 32.3. The summed E-state index contributed by atoms with van der Waals surface area (Å²) >= 11 is 0. The Hall–Kier alpha value is -2.02. The van der Waals surface area contributed by atoms with Gasteiger partial charge in [0.25, 0.3) is 0 Å². The van der Waals surface area contributed by atoms with E-state index in [-0.39, 0.29) is 0 Å². The molecule has 0 fully saturated rings. The zero-order valence-corrected chi connectivity index (χ0v) is 10.8. The maximum Gasteiger partial charge on any atom is 0.394 e. The van der Waals surface area contributed by atoms with Crippen LogP contribution in [0.15, 0.2) is 60.7 Å². The summed E-state index contributed by atoms with van der Waals surface area (Å²) in [5.41, 5.74) is 2.55. The molecule has 5 nitrogen and oxygen atoms in total. The van der Waals surface area contributed by atoms with Crippen molar-refractivity contribution in [3.8, 4) is 11.1 Å². The van der Waals surface area contributed by atoms with Gasteiger partial charge in [0, 0.05) is 0 Å². The van der Waals surface area contributed by atoms with Crippen molar-refractivity contribution in [2.45, 2.75) is 0 Å². The number of rotatable bonds is 1. The second kappa shape index (κ2) is 8.98. The van der Waals surface area contributed by atoms with E-state index in [0.717, 1.165) is 0 Å². The van der Waals surface area contributed by atoms with Crippen molar-refractivity contribution in [3.05, 3.63) is 60.7 Å². The molecule has 2 aromatic carbocycles. The number of hydrogen-bond acceptors (Lipinski definition) is 3. The van der Waals surface area contributed by atoms with Crippen molar-refractivity contribution in [2.24, 2.45) is 0 Å². The summed E-state index contributed by atoms with van der Waals surface area (Å²) in [4.78, 5) is 8.00. The molecule has 0 spiro atoms. The summed E-state index contributed by atoms with van der Waals surface area (Å²) in [6, 6.07) is 20.8. The van der Waals surface area contributed by atoms with Gasteiger partial charge in [-0.3, -0.25) is 9.11 Å². The van der Waals surface area contributed by atoms with Crippen molar-refractivity contribution >= 4 is 17.2 Å². The van der Waals surface area contributed by atoms with Gasteiger partial charge >= 0.3 is 10.4 Å². The van der Waals surface area contributed by atoms with Crippen LogP contribution in [-0.2, 0) is 15.2 Å². The average Bonchev–Trinajstić information content (AvgIpc) is 2.41. The second-order valence-corrected chi connectivity index (χ2v) is 4.08. The van der Waals surface area contributed by atoms with E-state index in [1.54, 1.807) is 0 Å². The SMILES string of the molecule is C=O.O=S(=O)(O)O.c1ccc(-c2ccccc2)cc1. The van der Waals surface area contributed by atoms with Crippen LogP contribution in [0.4, 0.5) is 0 Å². The lowest BCUT2D eigenvalue weighted by Gasteiger charge is -1.98. The summed E-state index contributed by atoms with van der Waals surface area (Å²) in [6.07, 6.45) is 0. The van der Waals surface area contributed by atoms with Crippen LogP contribution in [0.25, 0.3) is 11.1 Å². The fraction of sp³-hybridized carbons (Fsp3) is 0. The van der Waals surface area contributed by atoms with E-state index < -0.39 is 10.4 Å². The van der Waals surface area contributed by atoms with Gasteiger partial charge in [0.2, 0.25) is 0 Å². The highest BCUT2D eigenvalue weighted by Gasteiger charge is 1.91. The Kier molecular flexibility index (Phi) is 8.03. The Morgan fingerprint density at radius 3 is 1.11 bits per heavy atom. The molecule has 0 heterocycles. The molecule has 0 amide bonds.